The van der Waals surface area contributed by atoms with Crippen LogP contribution in [0.3, 0.4) is 0 Å². The largest absolute Gasteiger partial charge is 0.379 e. The summed E-state index contributed by atoms with van der Waals surface area (Å²) in [6.07, 6.45) is 4.54. The molecule has 1 aliphatic carbocycles. The summed E-state index contributed by atoms with van der Waals surface area (Å²) < 4.78 is 21.0. The predicted molar refractivity (Wildman–Crippen MR) is 128 cm³/mol. The number of nitrogens with zero attached hydrogens (tertiary/aromatic N) is 5. The third kappa shape index (κ3) is 6.33. The number of carbonyl (C=O) groups excluding carboxylic acids is 1. The molecule has 2 heterocycles. The van der Waals surface area contributed by atoms with Crippen molar-refractivity contribution in [2.75, 3.05) is 45.6 Å². The van der Waals surface area contributed by atoms with Crippen LogP contribution in [0.5, 0.6) is 0 Å². The first-order chi connectivity index (χ1) is 16.0. The highest BCUT2D eigenvalue weighted by Crippen LogP contribution is 2.28. The summed E-state index contributed by atoms with van der Waals surface area (Å²) in [6, 6.07) is 6.66. The molecule has 1 amide bonds. The van der Waals surface area contributed by atoms with E-state index in [1.165, 1.54) is 36.7 Å². The number of hydrogen-bond acceptors (Lipinski definition) is 6. The first-order valence-corrected chi connectivity index (χ1v) is 12.9. The lowest BCUT2D eigenvalue weighted by Gasteiger charge is -2.33. The van der Waals surface area contributed by atoms with Crippen molar-refractivity contribution in [1.82, 2.24) is 24.6 Å². The van der Waals surface area contributed by atoms with Crippen molar-refractivity contribution >= 4 is 17.7 Å². The summed E-state index contributed by atoms with van der Waals surface area (Å²) in [5, 5.41) is 9.53. The van der Waals surface area contributed by atoms with Gasteiger partial charge in [-0.15, -0.1) is 10.2 Å². The van der Waals surface area contributed by atoms with Gasteiger partial charge in [0.1, 0.15) is 5.82 Å². The van der Waals surface area contributed by atoms with Crippen molar-refractivity contribution in [2.45, 2.75) is 50.4 Å². The van der Waals surface area contributed by atoms with E-state index in [2.05, 4.69) is 26.6 Å². The highest BCUT2D eigenvalue weighted by atomic mass is 32.2. The molecule has 1 aromatic heterocycles. The summed E-state index contributed by atoms with van der Waals surface area (Å²) in [4.78, 5) is 17.2. The lowest BCUT2D eigenvalue weighted by Crippen LogP contribution is -2.40. The van der Waals surface area contributed by atoms with Crippen molar-refractivity contribution in [3.8, 4) is 11.4 Å². The minimum Gasteiger partial charge on any atom is -0.379 e. The van der Waals surface area contributed by atoms with E-state index in [0.29, 0.717) is 24.2 Å². The number of thioether (sulfide) groups is 1. The fourth-order valence-corrected chi connectivity index (χ4v) is 5.43. The van der Waals surface area contributed by atoms with Gasteiger partial charge in [-0.3, -0.25) is 9.69 Å². The smallest absolute Gasteiger partial charge is 0.233 e. The molecule has 7 nitrogen and oxygen atoms in total. The Kier molecular flexibility index (Phi) is 8.38. The molecule has 1 aromatic carbocycles. The van der Waals surface area contributed by atoms with Gasteiger partial charge < -0.3 is 14.2 Å². The molecular weight excluding hydrogens is 441 g/mol. The molecule has 2 aliphatic rings. The van der Waals surface area contributed by atoms with Crippen LogP contribution >= 0.6 is 11.8 Å². The van der Waals surface area contributed by atoms with Crippen molar-refractivity contribution in [3.05, 3.63) is 30.1 Å². The van der Waals surface area contributed by atoms with Crippen molar-refractivity contribution in [2.24, 2.45) is 5.92 Å². The number of hydrogen-bond donors (Lipinski definition) is 0. The summed E-state index contributed by atoms with van der Waals surface area (Å²) in [5.41, 5.74) is 0.817. The molecule has 0 bridgehead atoms. The molecule has 9 heteroatoms. The van der Waals surface area contributed by atoms with Gasteiger partial charge in [-0.25, -0.2) is 4.39 Å². The zero-order chi connectivity index (χ0) is 23.2. The van der Waals surface area contributed by atoms with Crippen LogP contribution in [0.15, 0.2) is 29.4 Å². The Balaban J connectivity index is 1.44. The van der Waals surface area contributed by atoms with Crippen LogP contribution in [0.2, 0.25) is 0 Å². The van der Waals surface area contributed by atoms with Crippen LogP contribution < -0.4 is 0 Å². The highest BCUT2D eigenvalue weighted by molar-refractivity contribution is 7.99. The molecule has 0 atom stereocenters. The zero-order valence-corrected chi connectivity index (χ0v) is 20.4. The van der Waals surface area contributed by atoms with E-state index in [4.69, 9.17) is 4.74 Å². The Morgan fingerprint density at radius 1 is 1.12 bits per heavy atom. The first kappa shape index (κ1) is 24.2. The van der Waals surface area contributed by atoms with Crippen LogP contribution in [-0.2, 0) is 16.1 Å². The number of ether oxygens (including phenoxy) is 1. The van der Waals surface area contributed by atoms with Crippen LogP contribution in [0.25, 0.3) is 11.4 Å². The van der Waals surface area contributed by atoms with Crippen molar-refractivity contribution in [1.29, 1.82) is 0 Å². The number of aromatic nitrogens is 3. The van der Waals surface area contributed by atoms with Gasteiger partial charge in [0.25, 0.3) is 0 Å². The third-order valence-electron chi connectivity index (χ3n) is 6.81. The quantitative estimate of drug-likeness (QED) is 0.544. The standard InChI is InChI=1S/C24H34FN5O2S/c1-18-3-9-21(10-4-18)28(2)22(31)17-33-24-27-26-23(19-5-7-20(25)8-6-19)30(24)12-11-29-13-15-32-16-14-29/h5-8,18,21H,3-4,9-17H2,1-2H3. The zero-order valence-electron chi connectivity index (χ0n) is 19.6. The molecule has 0 spiro atoms. The first-order valence-electron chi connectivity index (χ1n) is 11.9. The average molecular weight is 476 g/mol. The molecule has 0 N–H and O–H groups in total. The van der Waals surface area contributed by atoms with E-state index in [-0.39, 0.29) is 11.7 Å². The number of halogens is 1. The molecule has 2 fully saturated rings. The monoisotopic (exact) mass is 475 g/mol. The van der Waals surface area contributed by atoms with E-state index >= 15 is 0 Å². The van der Waals surface area contributed by atoms with Gasteiger partial charge >= 0.3 is 0 Å². The minimum atomic E-state index is -0.279. The molecule has 33 heavy (non-hydrogen) atoms. The second kappa shape index (κ2) is 11.4. The lowest BCUT2D eigenvalue weighted by molar-refractivity contribution is -0.129. The molecule has 1 saturated carbocycles. The van der Waals surface area contributed by atoms with Gasteiger partial charge in [0, 0.05) is 44.8 Å². The Morgan fingerprint density at radius 3 is 2.52 bits per heavy atom. The Morgan fingerprint density at radius 2 is 1.82 bits per heavy atom. The second-order valence-electron chi connectivity index (χ2n) is 9.13. The maximum atomic E-state index is 13.5. The maximum Gasteiger partial charge on any atom is 0.233 e. The Hall–Kier alpha value is -1.97. The fourth-order valence-electron chi connectivity index (χ4n) is 4.54. The minimum absolute atomic E-state index is 0.130. The van der Waals surface area contributed by atoms with E-state index in [9.17, 15) is 9.18 Å². The van der Waals surface area contributed by atoms with Gasteiger partial charge in [-0.2, -0.15) is 0 Å². The summed E-state index contributed by atoms with van der Waals surface area (Å²) in [7, 11) is 1.93. The Bertz CT molecular complexity index is 908. The molecule has 0 radical (unpaired) electrons. The summed E-state index contributed by atoms with van der Waals surface area (Å²) >= 11 is 1.43. The van der Waals surface area contributed by atoms with Gasteiger partial charge in [0.15, 0.2) is 11.0 Å². The molecule has 1 aliphatic heterocycles. The van der Waals surface area contributed by atoms with Crippen molar-refractivity contribution < 1.29 is 13.9 Å². The average Bonchev–Trinajstić information content (AvgIpc) is 3.25. The molecule has 4 rings (SSSR count). The lowest BCUT2D eigenvalue weighted by atomic mass is 9.87. The van der Waals surface area contributed by atoms with Crippen LogP contribution in [0.4, 0.5) is 4.39 Å². The van der Waals surface area contributed by atoms with Gasteiger partial charge in [0.2, 0.25) is 5.91 Å². The summed E-state index contributed by atoms with van der Waals surface area (Å²) in [6.45, 7) is 7.13. The van der Waals surface area contributed by atoms with Crippen LogP contribution in [-0.4, -0.2) is 82.2 Å². The molecular formula is C24H34FN5O2S. The third-order valence-corrected chi connectivity index (χ3v) is 7.77. The molecule has 180 valence electrons. The summed E-state index contributed by atoms with van der Waals surface area (Å²) in [5.74, 6) is 1.65. The highest BCUT2D eigenvalue weighted by Gasteiger charge is 2.25. The number of amides is 1. The second-order valence-corrected chi connectivity index (χ2v) is 10.1. The van der Waals surface area contributed by atoms with E-state index in [1.807, 2.05) is 11.9 Å². The predicted octanol–water partition coefficient (Wildman–Crippen LogP) is 3.55. The molecule has 1 saturated heterocycles. The number of rotatable bonds is 8. The number of benzene rings is 1. The van der Waals surface area contributed by atoms with Crippen LogP contribution in [0.1, 0.15) is 32.6 Å². The van der Waals surface area contributed by atoms with Gasteiger partial charge in [0.05, 0.1) is 19.0 Å². The van der Waals surface area contributed by atoms with E-state index in [0.717, 1.165) is 62.3 Å². The molecule has 0 unspecified atom stereocenters. The van der Waals surface area contributed by atoms with E-state index < -0.39 is 0 Å². The number of carbonyl (C=O) groups is 1. The fraction of sp³-hybridized carbons (Fsp3) is 0.625. The topological polar surface area (TPSA) is 63.5 Å². The molecule has 2 aromatic rings. The van der Waals surface area contributed by atoms with Crippen molar-refractivity contribution in [3.63, 3.8) is 0 Å². The number of morpholine rings is 1. The van der Waals surface area contributed by atoms with Crippen LogP contribution in [0, 0.1) is 11.7 Å². The SMILES string of the molecule is CC1CCC(N(C)C(=O)CSc2nnc(-c3ccc(F)cc3)n2CCN2CCOCC2)CC1. The maximum absolute atomic E-state index is 13.5. The Labute approximate surface area is 199 Å². The van der Waals surface area contributed by atoms with Gasteiger partial charge in [-0.1, -0.05) is 18.7 Å². The van der Waals surface area contributed by atoms with Gasteiger partial charge in [-0.05, 0) is 55.9 Å². The normalized spacial score (nSPS) is 21.8. The van der Waals surface area contributed by atoms with E-state index in [1.54, 1.807) is 12.1 Å².